The van der Waals surface area contributed by atoms with Gasteiger partial charge in [-0.05, 0) is 38.3 Å². The van der Waals surface area contributed by atoms with E-state index in [9.17, 15) is 4.79 Å². The number of aryl methyl sites for hydroxylation is 1. The molecule has 3 aromatic rings. The third-order valence-electron chi connectivity index (χ3n) is 4.75. The van der Waals surface area contributed by atoms with Crippen LogP contribution in [0.3, 0.4) is 0 Å². The summed E-state index contributed by atoms with van der Waals surface area (Å²) in [6, 6.07) is 7.35. The largest absolute Gasteiger partial charge is 0.494 e. The Morgan fingerprint density at radius 3 is 2.93 bits per heavy atom. The van der Waals surface area contributed by atoms with Crippen LogP contribution in [-0.4, -0.2) is 44.4 Å². The number of amides is 1. The normalized spacial score (nSPS) is 17.1. The van der Waals surface area contributed by atoms with Crippen molar-refractivity contribution >= 4 is 5.91 Å². The standard InChI is InChI=1S/C19H21N5O3/c1-13-21-18(27-22-13)16-8-5-6-10-23(16)19(25)14-11-20-24(12-14)15-7-3-4-9-17(15)26-2/h3-4,7,9,11-12,16H,5-6,8,10H2,1-2H3. The third kappa shape index (κ3) is 3.30. The molecule has 8 nitrogen and oxygen atoms in total. The van der Waals surface area contributed by atoms with Gasteiger partial charge in [-0.25, -0.2) is 4.68 Å². The van der Waals surface area contributed by atoms with E-state index >= 15 is 0 Å². The summed E-state index contributed by atoms with van der Waals surface area (Å²) in [4.78, 5) is 19.3. The minimum absolute atomic E-state index is 0.0864. The van der Waals surface area contributed by atoms with Crippen LogP contribution in [-0.2, 0) is 0 Å². The fourth-order valence-electron chi connectivity index (χ4n) is 3.43. The van der Waals surface area contributed by atoms with Crippen LogP contribution < -0.4 is 4.74 Å². The van der Waals surface area contributed by atoms with E-state index < -0.39 is 0 Å². The number of para-hydroxylation sites is 2. The van der Waals surface area contributed by atoms with Crippen LogP contribution in [0, 0.1) is 6.92 Å². The van der Waals surface area contributed by atoms with Crippen molar-refractivity contribution < 1.29 is 14.1 Å². The van der Waals surface area contributed by atoms with E-state index in [0.717, 1.165) is 24.9 Å². The van der Waals surface area contributed by atoms with Gasteiger partial charge in [0.15, 0.2) is 5.82 Å². The highest BCUT2D eigenvalue weighted by Gasteiger charge is 2.33. The van der Waals surface area contributed by atoms with Crippen molar-refractivity contribution in [1.29, 1.82) is 0 Å². The Hall–Kier alpha value is -3.16. The quantitative estimate of drug-likeness (QED) is 0.705. The zero-order valence-corrected chi connectivity index (χ0v) is 15.3. The molecule has 2 aromatic heterocycles. The van der Waals surface area contributed by atoms with Gasteiger partial charge in [-0.2, -0.15) is 10.1 Å². The third-order valence-corrected chi connectivity index (χ3v) is 4.75. The monoisotopic (exact) mass is 367 g/mol. The van der Waals surface area contributed by atoms with Crippen molar-refractivity contribution in [2.24, 2.45) is 0 Å². The topological polar surface area (TPSA) is 86.3 Å². The van der Waals surface area contributed by atoms with Crippen molar-refractivity contribution in [2.75, 3.05) is 13.7 Å². The Morgan fingerprint density at radius 2 is 2.15 bits per heavy atom. The molecule has 0 aliphatic carbocycles. The number of likely N-dealkylation sites (tertiary alicyclic amines) is 1. The molecule has 0 bridgehead atoms. The Kier molecular flexibility index (Phi) is 4.62. The Labute approximate surface area is 156 Å². The number of hydrogen-bond acceptors (Lipinski definition) is 6. The minimum atomic E-state index is -0.193. The number of benzene rings is 1. The number of carbonyl (C=O) groups excluding carboxylic acids is 1. The molecule has 1 atom stereocenters. The zero-order valence-electron chi connectivity index (χ0n) is 15.3. The summed E-state index contributed by atoms with van der Waals surface area (Å²) in [7, 11) is 1.61. The first-order valence-electron chi connectivity index (χ1n) is 8.96. The first kappa shape index (κ1) is 17.3. The molecule has 1 amide bonds. The van der Waals surface area contributed by atoms with Crippen molar-refractivity contribution in [2.45, 2.75) is 32.2 Å². The number of carbonyl (C=O) groups is 1. The van der Waals surface area contributed by atoms with Gasteiger partial charge in [-0.1, -0.05) is 17.3 Å². The molecule has 1 unspecified atom stereocenters. The molecule has 1 aliphatic rings. The van der Waals surface area contributed by atoms with Crippen molar-refractivity contribution in [1.82, 2.24) is 24.8 Å². The first-order chi connectivity index (χ1) is 13.2. The fourth-order valence-corrected chi connectivity index (χ4v) is 3.43. The maximum absolute atomic E-state index is 13.1. The Balaban J connectivity index is 1.61. The second-order valence-electron chi connectivity index (χ2n) is 6.54. The molecule has 1 aromatic carbocycles. The summed E-state index contributed by atoms with van der Waals surface area (Å²) in [5, 5.41) is 8.22. The molecular formula is C19H21N5O3. The molecule has 1 fully saturated rings. The number of methoxy groups -OCH3 is 1. The van der Waals surface area contributed by atoms with Crippen LogP contribution in [0.2, 0.25) is 0 Å². The van der Waals surface area contributed by atoms with E-state index in [4.69, 9.17) is 9.26 Å². The van der Waals surface area contributed by atoms with Crippen LogP contribution in [0.15, 0.2) is 41.2 Å². The predicted molar refractivity (Wildman–Crippen MR) is 96.8 cm³/mol. The highest BCUT2D eigenvalue weighted by atomic mass is 16.5. The van der Waals surface area contributed by atoms with Crippen LogP contribution in [0.5, 0.6) is 5.75 Å². The smallest absolute Gasteiger partial charge is 0.257 e. The highest BCUT2D eigenvalue weighted by molar-refractivity contribution is 5.94. The van der Waals surface area contributed by atoms with Gasteiger partial charge in [0.2, 0.25) is 5.89 Å². The zero-order chi connectivity index (χ0) is 18.8. The summed E-state index contributed by atoms with van der Waals surface area (Å²) in [6.45, 7) is 2.43. The first-order valence-corrected chi connectivity index (χ1v) is 8.96. The molecular weight excluding hydrogens is 346 g/mol. The second kappa shape index (κ2) is 7.22. The molecule has 0 radical (unpaired) electrons. The van der Waals surface area contributed by atoms with Crippen LogP contribution in [0.25, 0.3) is 5.69 Å². The SMILES string of the molecule is COc1ccccc1-n1cc(C(=O)N2CCCCC2c2nc(C)no2)cn1. The van der Waals surface area contributed by atoms with Crippen LogP contribution >= 0.6 is 0 Å². The van der Waals surface area contributed by atoms with Crippen molar-refractivity contribution in [3.8, 4) is 11.4 Å². The fraction of sp³-hybridized carbons (Fsp3) is 0.368. The molecule has 3 heterocycles. The number of aromatic nitrogens is 4. The lowest BCUT2D eigenvalue weighted by Gasteiger charge is -2.33. The van der Waals surface area contributed by atoms with Gasteiger partial charge < -0.3 is 14.2 Å². The molecule has 0 spiro atoms. The lowest BCUT2D eigenvalue weighted by atomic mass is 10.0. The highest BCUT2D eigenvalue weighted by Crippen LogP contribution is 2.31. The summed E-state index contributed by atoms with van der Waals surface area (Å²) in [5.74, 6) is 1.68. The molecule has 1 saturated heterocycles. The molecule has 27 heavy (non-hydrogen) atoms. The van der Waals surface area contributed by atoms with E-state index in [0.29, 0.717) is 29.6 Å². The van der Waals surface area contributed by atoms with Gasteiger partial charge in [0.1, 0.15) is 17.5 Å². The van der Waals surface area contributed by atoms with E-state index in [1.165, 1.54) is 0 Å². The maximum Gasteiger partial charge on any atom is 0.257 e. The number of piperidine rings is 1. The van der Waals surface area contributed by atoms with E-state index in [1.54, 1.807) is 36.0 Å². The lowest BCUT2D eigenvalue weighted by molar-refractivity contribution is 0.0561. The molecule has 8 heteroatoms. The Bertz CT molecular complexity index is 948. The van der Waals surface area contributed by atoms with Crippen LogP contribution in [0.1, 0.15) is 47.4 Å². The van der Waals surface area contributed by atoms with Gasteiger partial charge in [0.25, 0.3) is 5.91 Å². The van der Waals surface area contributed by atoms with Crippen LogP contribution in [0.4, 0.5) is 0 Å². The number of ether oxygens (including phenoxy) is 1. The Morgan fingerprint density at radius 1 is 1.30 bits per heavy atom. The summed E-state index contributed by atoms with van der Waals surface area (Å²) < 4.78 is 12.4. The summed E-state index contributed by atoms with van der Waals surface area (Å²) in [5.41, 5.74) is 1.30. The summed E-state index contributed by atoms with van der Waals surface area (Å²) in [6.07, 6.45) is 6.10. The lowest BCUT2D eigenvalue weighted by Crippen LogP contribution is -2.38. The number of nitrogens with zero attached hydrogens (tertiary/aromatic N) is 5. The maximum atomic E-state index is 13.1. The van der Waals surface area contributed by atoms with Crippen molar-refractivity contribution in [3.05, 3.63) is 53.9 Å². The molecule has 140 valence electrons. The second-order valence-corrected chi connectivity index (χ2v) is 6.54. The molecule has 0 saturated carbocycles. The van der Waals surface area contributed by atoms with Gasteiger partial charge in [-0.15, -0.1) is 0 Å². The molecule has 1 aliphatic heterocycles. The van der Waals surface area contributed by atoms with Gasteiger partial charge in [0, 0.05) is 12.7 Å². The van der Waals surface area contributed by atoms with E-state index in [2.05, 4.69) is 15.2 Å². The van der Waals surface area contributed by atoms with Gasteiger partial charge >= 0.3 is 0 Å². The summed E-state index contributed by atoms with van der Waals surface area (Å²) >= 11 is 0. The van der Waals surface area contributed by atoms with Crippen molar-refractivity contribution in [3.63, 3.8) is 0 Å². The predicted octanol–water partition coefficient (Wildman–Crippen LogP) is 2.94. The minimum Gasteiger partial charge on any atom is -0.494 e. The van der Waals surface area contributed by atoms with E-state index in [1.807, 2.05) is 24.3 Å². The van der Waals surface area contributed by atoms with Gasteiger partial charge in [-0.3, -0.25) is 4.79 Å². The average molecular weight is 367 g/mol. The molecule has 4 rings (SSSR count). The number of hydrogen-bond donors (Lipinski definition) is 0. The molecule has 0 N–H and O–H groups in total. The number of rotatable bonds is 4. The van der Waals surface area contributed by atoms with E-state index in [-0.39, 0.29) is 11.9 Å². The average Bonchev–Trinajstić information content (AvgIpc) is 3.37. The van der Waals surface area contributed by atoms with Gasteiger partial charge in [0.05, 0.1) is 18.9 Å².